The van der Waals surface area contributed by atoms with Crippen molar-refractivity contribution in [2.45, 2.75) is 6.92 Å². The highest BCUT2D eigenvalue weighted by atomic mass is 16.5. The number of nitrogens with two attached hydrogens (primary N) is 1. The van der Waals surface area contributed by atoms with E-state index in [1.54, 1.807) is 6.92 Å². The first-order chi connectivity index (χ1) is 5.76. The normalized spacial score (nSPS) is 9.50. The molecule has 0 aliphatic rings. The third-order valence-corrected chi connectivity index (χ3v) is 1.04. The topological polar surface area (TPSA) is 106 Å². The third kappa shape index (κ3) is 1.92. The lowest BCUT2D eigenvalue weighted by molar-refractivity contribution is 0.310. The number of nitrogen functional groups attached to an aromatic ring is 1. The lowest BCUT2D eigenvalue weighted by atomic mass is 10.8. The van der Waals surface area contributed by atoms with Crippen molar-refractivity contribution in [3.63, 3.8) is 0 Å². The quantitative estimate of drug-likeness (QED) is 0.391. The van der Waals surface area contributed by atoms with E-state index in [9.17, 15) is 4.79 Å². The van der Waals surface area contributed by atoms with E-state index in [1.807, 2.05) is 0 Å². The van der Waals surface area contributed by atoms with Crippen LogP contribution in [0.15, 0.2) is 4.79 Å². The van der Waals surface area contributed by atoms with Gasteiger partial charge in [-0.05, 0) is 6.92 Å². The number of ether oxygens (including phenoxy) is 1. The lowest BCUT2D eigenvalue weighted by Gasteiger charge is -2.01. The molecule has 0 spiro atoms. The summed E-state index contributed by atoms with van der Waals surface area (Å²) in [6.45, 7) is 2.16. The molecule has 0 radical (unpaired) electrons. The second-order valence-corrected chi connectivity index (χ2v) is 1.86. The maximum Gasteiger partial charge on any atom is 0.352 e. The van der Waals surface area contributed by atoms with Gasteiger partial charge in [-0.1, -0.05) is 0 Å². The Bertz CT molecular complexity index is 309. The van der Waals surface area contributed by atoms with E-state index >= 15 is 0 Å². The van der Waals surface area contributed by atoms with Gasteiger partial charge in [-0.15, -0.1) is 4.98 Å². The number of rotatable bonds is 3. The molecule has 0 amide bonds. The Hall–Kier alpha value is -1.63. The number of anilines is 1. The molecule has 1 heterocycles. The Labute approximate surface area is 68.0 Å². The third-order valence-electron chi connectivity index (χ3n) is 1.04. The zero-order chi connectivity index (χ0) is 8.97. The lowest BCUT2D eigenvalue weighted by Crippen LogP contribution is -2.20. The average molecular weight is 171 g/mol. The largest absolute Gasteiger partial charge is 0.464 e. The first-order valence-electron chi connectivity index (χ1n) is 3.34. The van der Waals surface area contributed by atoms with Gasteiger partial charge in [0.25, 0.3) is 0 Å². The molecule has 7 nitrogen and oxygen atoms in total. The van der Waals surface area contributed by atoms with Gasteiger partial charge in [0.15, 0.2) is 0 Å². The number of nitrogens with one attached hydrogen (secondary N) is 2. The van der Waals surface area contributed by atoms with Crippen LogP contribution in [0.2, 0.25) is 0 Å². The first-order valence-corrected chi connectivity index (χ1v) is 3.34. The molecule has 0 aromatic carbocycles. The number of aromatic amines is 1. The average Bonchev–Trinajstić information content (AvgIpc) is 2.04. The van der Waals surface area contributed by atoms with E-state index < -0.39 is 5.69 Å². The van der Waals surface area contributed by atoms with E-state index in [-0.39, 0.29) is 12.0 Å². The molecule has 1 aromatic rings. The fraction of sp³-hybridized carbons (Fsp3) is 0.400. The molecule has 12 heavy (non-hydrogen) atoms. The molecule has 0 bridgehead atoms. The molecular formula is C5H9N5O2. The predicted octanol–water partition coefficient (Wildman–Crippen LogP) is -1.15. The minimum atomic E-state index is -0.554. The molecule has 7 heteroatoms. The minimum Gasteiger partial charge on any atom is -0.464 e. The van der Waals surface area contributed by atoms with Crippen molar-refractivity contribution in [3.8, 4) is 6.01 Å². The van der Waals surface area contributed by atoms with Crippen molar-refractivity contribution in [1.82, 2.24) is 15.0 Å². The highest BCUT2D eigenvalue weighted by Gasteiger charge is 2.00. The number of aromatic nitrogens is 3. The van der Waals surface area contributed by atoms with Gasteiger partial charge >= 0.3 is 11.7 Å². The Balaban J connectivity index is 2.98. The number of hydrazine groups is 1. The van der Waals surface area contributed by atoms with Crippen molar-refractivity contribution in [1.29, 1.82) is 0 Å². The van der Waals surface area contributed by atoms with E-state index in [2.05, 4.69) is 20.4 Å². The predicted molar refractivity (Wildman–Crippen MR) is 41.6 cm³/mol. The van der Waals surface area contributed by atoms with Crippen LogP contribution in [0.3, 0.4) is 0 Å². The van der Waals surface area contributed by atoms with Crippen LogP contribution in [-0.2, 0) is 0 Å². The van der Waals surface area contributed by atoms with E-state index in [4.69, 9.17) is 10.6 Å². The molecule has 0 aliphatic carbocycles. The maximum atomic E-state index is 10.8. The van der Waals surface area contributed by atoms with Crippen molar-refractivity contribution in [3.05, 3.63) is 10.5 Å². The summed E-state index contributed by atoms with van der Waals surface area (Å²) in [5.41, 5.74) is 1.63. The summed E-state index contributed by atoms with van der Waals surface area (Å²) in [6.07, 6.45) is 0. The standard InChI is InChI=1S/C5H9N5O2/c1-2-12-5-8-3(10-6)7-4(11)9-5/h2,6H2,1H3,(H2,7,8,9,10,11). The van der Waals surface area contributed by atoms with Crippen LogP contribution in [0.1, 0.15) is 6.92 Å². The van der Waals surface area contributed by atoms with Crippen LogP contribution >= 0.6 is 0 Å². The first kappa shape index (κ1) is 8.47. The highest BCUT2D eigenvalue weighted by molar-refractivity contribution is 5.20. The molecular weight excluding hydrogens is 162 g/mol. The van der Waals surface area contributed by atoms with E-state index in [0.29, 0.717) is 6.61 Å². The van der Waals surface area contributed by atoms with E-state index in [1.165, 1.54) is 0 Å². The second kappa shape index (κ2) is 3.67. The van der Waals surface area contributed by atoms with Crippen LogP contribution in [0.25, 0.3) is 0 Å². The Morgan fingerprint density at radius 1 is 1.67 bits per heavy atom. The molecule has 4 N–H and O–H groups in total. The van der Waals surface area contributed by atoms with Crippen LogP contribution < -0.4 is 21.7 Å². The Morgan fingerprint density at radius 3 is 3.00 bits per heavy atom. The number of hydrogen-bond acceptors (Lipinski definition) is 6. The van der Waals surface area contributed by atoms with Crippen LogP contribution in [-0.4, -0.2) is 21.6 Å². The summed E-state index contributed by atoms with van der Waals surface area (Å²) in [5.74, 6) is 5.14. The number of hydrogen-bond donors (Lipinski definition) is 3. The van der Waals surface area contributed by atoms with Crippen LogP contribution in [0.5, 0.6) is 6.01 Å². The molecule has 0 saturated carbocycles. The van der Waals surface area contributed by atoms with Crippen LogP contribution in [0.4, 0.5) is 5.95 Å². The van der Waals surface area contributed by atoms with Gasteiger partial charge in [-0.25, -0.2) is 10.6 Å². The van der Waals surface area contributed by atoms with Gasteiger partial charge < -0.3 is 4.74 Å². The van der Waals surface area contributed by atoms with E-state index in [0.717, 1.165) is 0 Å². The zero-order valence-corrected chi connectivity index (χ0v) is 6.50. The molecule has 66 valence electrons. The molecule has 1 rings (SSSR count). The van der Waals surface area contributed by atoms with Gasteiger partial charge in [-0.3, -0.25) is 10.4 Å². The zero-order valence-electron chi connectivity index (χ0n) is 6.50. The number of nitrogens with zero attached hydrogens (tertiary/aromatic N) is 2. The molecule has 0 aliphatic heterocycles. The second-order valence-electron chi connectivity index (χ2n) is 1.86. The maximum absolute atomic E-state index is 10.8. The Kier molecular flexibility index (Phi) is 2.59. The highest BCUT2D eigenvalue weighted by Crippen LogP contribution is 1.99. The van der Waals surface area contributed by atoms with Gasteiger partial charge in [-0.2, -0.15) is 4.98 Å². The van der Waals surface area contributed by atoms with Gasteiger partial charge in [0.1, 0.15) is 0 Å². The van der Waals surface area contributed by atoms with Gasteiger partial charge in [0.05, 0.1) is 6.61 Å². The summed E-state index contributed by atoms with van der Waals surface area (Å²) in [6, 6.07) is 0.00852. The minimum absolute atomic E-state index is 0.00852. The monoisotopic (exact) mass is 171 g/mol. The number of H-pyrrole nitrogens is 1. The SMILES string of the molecule is CCOc1nc(NN)[nH]c(=O)n1. The summed E-state index contributed by atoms with van der Waals surface area (Å²) < 4.78 is 4.89. The van der Waals surface area contributed by atoms with Gasteiger partial charge in [0, 0.05) is 0 Å². The summed E-state index contributed by atoms with van der Waals surface area (Å²) in [7, 11) is 0. The molecule has 1 aromatic heterocycles. The van der Waals surface area contributed by atoms with Crippen molar-refractivity contribution < 1.29 is 4.74 Å². The molecule has 0 saturated heterocycles. The summed E-state index contributed by atoms with van der Waals surface area (Å²) >= 11 is 0. The van der Waals surface area contributed by atoms with Gasteiger partial charge in [0.2, 0.25) is 5.95 Å². The van der Waals surface area contributed by atoms with Crippen molar-refractivity contribution in [2.75, 3.05) is 12.0 Å². The fourth-order valence-corrected chi connectivity index (χ4v) is 0.627. The summed E-state index contributed by atoms with van der Waals surface area (Å²) in [5, 5.41) is 0. The Morgan fingerprint density at radius 2 is 2.42 bits per heavy atom. The van der Waals surface area contributed by atoms with Crippen molar-refractivity contribution >= 4 is 5.95 Å². The fourth-order valence-electron chi connectivity index (χ4n) is 0.627. The molecule has 0 atom stereocenters. The molecule has 0 unspecified atom stereocenters. The van der Waals surface area contributed by atoms with Crippen LogP contribution in [0, 0.1) is 0 Å². The van der Waals surface area contributed by atoms with Crippen molar-refractivity contribution in [2.24, 2.45) is 5.84 Å². The molecule has 0 fully saturated rings. The smallest absolute Gasteiger partial charge is 0.352 e. The summed E-state index contributed by atoms with van der Waals surface area (Å²) in [4.78, 5) is 20.2.